The minimum atomic E-state index is -1.05. The molecule has 2 rings (SSSR count). The number of anilines is 2. The standard InChI is InChI=1S/C16H16FNO2/c1-2-11-6-3-4-8-14(11)18-15-9-5-7-13(17)12(15)10-16(19)20/h3-9,18H,2,10H2,1H3,(H,19,20). The van der Waals surface area contributed by atoms with Crippen LogP contribution in [0.25, 0.3) is 0 Å². The van der Waals surface area contributed by atoms with E-state index in [1.807, 2.05) is 31.2 Å². The Hall–Kier alpha value is -2.36. The fourth-order valence-corrected chi connectivity index (χ4v) is 2.10. The highest BCUT2D eigenvalue weighted by molar-refractivity contribution is 5.75. The fraction of sp³-hybridized carbons (Fsp3) is 0.188. The third-order valence-electron chi connectivity index (χ3n) is 3.11. The van der Waals surface area contributed by atoms with Crippen LogP contribution in [0.3, 0.4) is 0 Å². The number of carboxylic acids is 1. The van der Waals surface area contributed by atoms with Crippen LogP contribution in [0.2, 0.25) is 0 Å². The molecule has 2 N–H and O–H groups in total. The third kappa shape index (κ3) is 3.15. The van der Waals surface area contributed by atoms with Gasteiger partial charge in [-0.05, 0) is 30.2 Å². The van der Waals surface area contributed by atoms with Crippen molar-refractivity contribution in [3.63, 3.8) is 0 Å². The number of aryl methyl sites for hydroxylation is 1. The molecule has 104 valence electrons. The van der Waals surface area contributed by atoms with Gasteiger partial charge in [-0.3, -0.25) is 4.79 Å². The number of hydrogen-bond acceptors (Lipinski definition) is 2. The molecular weight excluding hydrogens is 257 g/mol. The second-order valence-corrected chi connectivity index (χ2v) is 4.47. The zero-order chi connectivity index (χ0) is 14.5. The first-order valence-electron chi connectivity index (χ1n) is 6.46. The molecule has 0 amide bonds. The van der Waals surface area contributed by atoms with Gasteiger partial charge in [0.05, 0.1) is 6.42 Å². The van der Waals surface area contributed by atoms with Gasteiger partial charge in [0, 0.05) is 16.9 Å². The molecular formula is C16H16FNO2. The van der Waals surface area contributed by atoms with Crippen LogP contribution in [0.5, 0.6) is 0 Å². The topological polar surface area (TPSA) is 49.3 Å². The molecule has 0 aliphatic rings. The van der Waals surface area contributed by atoms with Gasteiger partial charge >= 0.3 is 5.97 Å². The molecule has 0 saturated heterocycles. The minimum absolute atomic E-state index is 0.172. The Kier molecular flexibility index (Phi) is 4.35. The highest BCUT2D eigenvalue weighted by Crippen LogP contribution is 2.26. The lowest BCUT2D eigenvalue weighted by Crippen LogP contribution is -2.07. The van der Waals surface area contributed by atoms with Gasteiger partial charge in [0.2, 0.25) is 0 Å². The predicted octanol–water partition coefficient (Wildman–Crippen LogP) is 3.76. The van der Waals surface area contributed by atoms with Gasteiger partial charge < -0.3 is 10.4 Å². The van der Waals surface area contributed by atoms with Gasteiger partial charge in [-0.1, -0.05) is 31.2 Å². The van der Waals surface area contributed by atoms with Crippen LogP contribution in [0, 0.1) is 5.82 Å². The third-order valence-corrected chi connectivity index (χ3v) is 3.11. The van der Waals surface area contributed by atoms with Crippen molar-refractivity contribution in [1.82, 2.24) is 0 Å². The van der Waals surface area contributed by atoms with Crippen LogP contribution in [0.1, 0.15) is 18.1 Å². The average molecular weight is 273 g/mol. The van der Waals surface area contributed by atoms with Crippen molar-refractivity contribution in [2.24, 2.45) is 0 Å². The molecule has 0 bridgehead atoms. The Morgan fingerprint density at radius 2 is 1.85 bits per heavy atom. The summed E-state index contributed by atoms with van der Waals surface area (Å²) in [6, 6.07) is 12.2. The number of halogens is 1. The molecule has 0 unspecified atom stereocenters. The van der Waals surface area contributed by atoms with Gasteiger partial charge in [-0.25, -0.2) is 4.39 Å². The first kappa shape index (κ1) is 14.1. The zero-order valence-electron chi connectivity index (χ0n) is 11.2. The highest BCUT2D eigenvalue weighted by atomic mass is 19.1. The lowest BCUT2D eigenvalue weighted by Gasteiger charge is -2.14. The van der Waals surface area contributed by atoms with E-state index in [-0.39, 0.29) is 12.0 Å². The summed E-state index contributed by atoms with van der Waals surface area (Å²) < 4.78 is 13.8. The Morgan fingerprint density at radius 1 is 1.15 bits per heavy atom. The normalized spacial score (nSPS) is 10.3. The number of rotatable bonds is 5. The van der Waals surface area contributed by atoms with E-state index < -0.39 is 11.8 Å². The minimum Gasteiger partial charge on any atom is -0.481 e. The molecule has 3 nitrogen and oxygen atoms in total. The van der Waals surface area contributed by atoms with Gasteiger partial charge in [0.15, 0.2) is 0 Å². The molecule has 0 radical (unpaired) electrons. The number of hydrogen-bond donors (Lipinski definition) is 2. The Morgan fingerprint density at radius 3 is 2.55 bits per heavy atom. The summed E-state index contributed by atoms with van der Waals surface area (Å²) in [5.41, 5.74) is 2.63. The first-order valence-corrected chi connectivity index (χ1v) is 6.46. The molecule has 0 saturated carbocycles. The van der Waals surface area contributed by atoms with Crippen LogP contribution >= 0.6 is 0 Å². The molecule has 0 aliphatic carbocycles. The lowest BCUT2D eigenvalue weighted by atomic mass is 10.1. The zero-order valence-corrected chi connectivity index (χ0v) is 11.2. The fourth-order valence-electron chi connectivity index (χ4n) is 2.10. The van der Waals surface area contributed by atoms with E-state index in [1.165, 1.54) is 6.07 Å². The number of para-hydroxylation sites is 1. The van der Waals surface area contributed by atoms with E-state index in [1.54, 1.807) is 12.1 Å². The highest BCUT2D eigenvalue weighted by Gasteiger charge is 2.13. The van der Waals surface area contributed by atoms with Gasteiger partial charge in [-0.2, -0.15) is 0 Å². The number of benzene rings is 2. The number of aliphatic carboxylic acids is 1. The van der Waals surface area contributed by atoms with E-state index in [4.69, 9.17) is 5.11 Å². The van der Waals surface area contributed by atoms with Gasteiger partial charge in [0.1, 0.15) is 5.82 Å². The largest absolute Gasteiger partial charge is 0.481 e. The second-order valence-electron chi connectivity index (χ2n) is 4.47. The van der Waals surface area contributed by atoms with Crippen molar-refractivity contribution in [1.29, 1.82) is 0 Å². The van der Waals surface area contributed by atoms with Crippen molar-refractivity contribution in [2.45, 2.75) is 19.8 Å². The summed E-state index contributed by atoms with van der Waals surface area (Å²) >= 11 is 0. The SMILES string of the molecule is CCc1ccccc1Nc1cccc(F)c1CC(=O)O. The smallest absolute Gasteiger partial charge is 0.308 e. The molecule has 2 aromatic carbocycles. The van der Waals surface area contributed by atoms with Crippen molar-refractivity contribution >= 4 is 17.3 Å². The second kappa shape index (κ2) is 6.19. The summed E-state index contributed by atoms with van der Waals surface area (Å²) in [5.74, 6) is -1.56. The van der Waals surface area contributed by atoms with E-state index >= 15 is 0 Å². The Labute approximate surface area is 117 Å². The average Bonchev–Trinajstić information content (AvgIpc) is 2.43. The lowest BCUT2D eigenvalue weighted by molar-refractivity contribution is -0.136. The maximum Gasteiger partial charge on any atom is 0.308 e. The Bertz CT molecular complexity index is 626. The van der Waals surface area contributed by atoms with Crippen LogP contribution in [0.15, 0.2) is 42.5 Å². The summed E-state index contributed by atoms with van der Waals surface area (Å²) in [7, 11) is 0. The van der Waals surface area contributed by atoms with Crippen molar-refractivity contribution in [2.75, 3.05) is 5.32 Å². The number of carboxylic acid groups (broad SMARTS) is 1. The number of carbonyl (C=O) groups is 1. The summed E-state index contributed by atoms with van der Waals surface area (Å²) in [4.78, 5) is 10.9. The van der Waals surface area contributed by atoms with Gasteiger partial charge in [0.25, 0.3) is 0 Å². The molecule has 0 heterocycles. The number of nitrogens with one attached hydrogen (secondary N) is 1. The van der Waals surface area contributed by atoms with E-state index in [0.29, 0.717) is 5.69 Å². The van der Waals surface area contributed by atoms with Crippen molar-refractivity contribution < 1.29 is 14.3 Å². The maximum absolute atomic E-state index is 13.8. The van der Waals surface area contributed by atoms with Crippen molar-refractivity contribution in [3.8, 4) is 0 Å². The summed E-state index contributed by atoms with van der Waals surface area (Å²) in [6.07, 6.45) is 0.496. The molecule has 4 heteroatoms. The predicted molar refractivity (Wildman–Crippen MR) is 76.8 cm³/mol. The molecule has 20 heavy (non-hydrogen) atoms. The molecule has 0 aromatic heterocycles. The quantitative estimate of drug-likeness (QED) is 0.872. The van der Waals surface area contributed by atoms with Crippen LogP contribution in [0.4, 0.5) is 15.8 Å². The van der Waals surface area contributed by atoms with E-state index in [9.17, 15) is 9.18 Å². The van der Waals surface area contributed by atoms with Crippen LogP contribution in [-0.2, 0) is 17.6 Å². The molecule has 0 aliphatic heterocycles. The monoisotopic (exact) mass is 273 g/mol. The maximum atomic E-state index is 13.8. The molecule has 0 fully saturated rings. The Balaban J connectivity index is 2.38. The molecule has 0 atom stereocenters. The van der Waals surface area contributed by atoms with Crippen LogP contribution < -0.4 is 5.32 Å². The van der Waals surface area contributed by atoms with Gasteiger partial charge in [-0.15, -0.1) is 0 Å². The first-order chi connectivity index (χ1) is 9.61. The van der Waals surface area contributed by atoms with Crippen LogP contribution in [-0.4, -0.2) is 11.1 Å². The van der Waals surface area contributed by atoms with E-state index in [0.717, 1.165) is 17.7 Å². The summed E-state index contributed by atoms with van der Waals surface area (Å²) in [6.45, 7) is 2.03. The summed E-state index contributed by atoms with van der Waals surface area (Å²) in [5, 5.41) is 12.0. The van der Waals surface area contributed by atoms with Crippen molar-refractivity contribution in [3.05, 3.63) is 59.4 Å². The van der Waals surface area contributed by atoms with E-state index in [2.05, 4.69) is 5.32 Å². The molecule has 0 spiro atoms. The molecule has 2 aromatic rings.